The van der Waals surface area contributed by atoms with Crippen LogP contribution in [0, 0.1) is 0 Å². The van der Waals surface area contributed by atoms with E-state index in [-0.39, 0.29) is 0 Å². The molecule has 0 atom stereocenters. The molecule has 0 unspecified atom stereocenters. The first-order valence-electron chi connectivity index (χ1n) is 5.08. The normalized spacial score (nSPS) is 10.2. The topological polar surface area (TPSA) is 44.8 Å². The number of nitrogens with one attached hydrogen (secondary N) is 1. The fraction of sp³-hybridized carbons (Fsp3) is 0.273. The van der Waals surface area contributed by atoms with E-state index in [4.69, 9.17) is 0 Å². The lowest BCUT2D eigenvalue weighted by Gasteiger charge is -2.20. The summed E-state index contributed by atoms with van der Waals surface area (Å²) in [6, 6.07) is 3.96. The predicted octanol–water partition coefficient (Wildman–Crippen LogP) is 2.35. The van der Waals surface area contributed by atoms with Gasteiger partial charge in [-0.05, 0) is 18.6 Å². The van der Waals surface area contributed by atoms with Gasteiger partial charge in [0.2, 0.25) is 5.95 Å². The minimum Gasteiger partial charge on any atom is -0.331 e. The molecule has 4 heteroatoms. The number of aromatic amines is 1. The molecule has 0 radical (unpaired) electrons. The third-order valence-electron chi connectivity index (χ3n) is 2.14. The van der Waals surface area contributed by atoms with Crippen LogP contribution in [0.2, 0.25) is 0 Å². The molecule has 0 aliphatic heterocycles. The molecule has 0 aromatic carbocycles. The summed E-state index contributed by atoms with van der Waals surface area (Å²) in [4.78, 5) is 13.6. The smallest absolute Gasteiger partial charge is 0.207 e. The van der Waals surface area contributed by atoms with Crippen LogP contribution in [-0.2, 0) is 0 Å². The molecule has 2 aromatic heterocycles. The molecule has 78 valence electrons. The zero-order chi connectivity index (χ0) is 10.5. The van der Waals surface area contributed by atoms with E-state index in [1.807, 2.05) is 24.5 Å². The van der Waals surface area contributed by atoms with E-state index < -0.39 is 0 Å². The van der Waals surface area contributed by atoms with Gasteiger partial charge in [-0.15, -0.1) is 0 Å². The maximum Gasteiger partial charge on any atom is 0.207 e. The van der Waals surface area contributed by atoms with Crippen LogP contribution in [0.3, 0.4) is 0 Å². The van der Waals surface area contributed by atoms with Crippen LogP contribution < -0.4 is 4.90 Å². The number of aromatic nitrogens is 3. The lowest BCUT2D eigenvalue weighted by Crippen LogP contribution is -2.19. The summed E-state index contributed by atoms with van der Waals surface area (Å²) >= 11 is 0. The van der Waals surface area contributed by atoms with Gasteiger partial charge in [-0.2, -0.15) is 0 Å². The van der Waals surface area contributed by atoms with Gasteiger partial charge in [0.05, 0.1) is 11.9 Å². The first-order valence-corrected chi connectivity index (χ1v) is 5.08. The van der Waals surface area contributed by atoms with E-state index in [9.17, 15) is 0 Å². The molecule has 0 bridgehead atoms. The quantitative estimate of drug-likeness (QED) is 0.827. The lowest BCUT2D eigenvalue weighted by atomic mass is 10.3. The Morgan fingerprint density at radius 3 is 2.93 bits per heavy atom. The molecule has 0 aliphatic carbocycles. The van der Waals surface area contributed by atoms with Gasteiger partial charge in [-0.1, -0.05) is 6.92 Å². The molecule has 0 saturated carbocycles. The average molecular weight is 202 g/mol. The summed E-state index contributed by atoms with van der Waals surface area (Å²) in [6.07, 6.45) is 8.27. The summed E-state index contributed by atoms with van der Waals surface area (Å²) < 4.78 is 0. The molecule has 0 spiro atoms. The van der Waals surface area contributed by atoms with Crippen LogP contribution in [0.25, 0.3) is 0 Å². The Kier molecular flexibility index (Phi) is 2.97. The number of anilines is 2. The Hall–Kier alpha value is -1.84. The summed E-state index contributed by atoms with van der Waals surface area (Å²) in [5, 5.41) is 0. The number of imidazole rings is 1. The van der Waals surface area contributed by atoms with Gasteiger partial charge in [0, 0.05) is 25.1 Å². The minimum atomic E-state index is 0.866. The molecule has 15 heavy (non-hydrogen) atoms. The molecule has 0 saturated heterocycles. The van der Waals surface area contributed by atoms with Gasteiger partial charge in [-0.25, -0.2) is 4.98 Å². The second-order valence-electron chi connectivity index (χ2n) is 3.28. The fourth-order valence-electron chi connectivity index (χ4n) is 1.50. The SMILES string of the molecule is CCCN(c1cccnc1)c1ncc[nH]1. The van der Waals surface area contributed by atoms with Crippen LogP contribution >= 0.6 is 0 Å². The molecule has 0 amide bonds. The van der Waals surface area contributed by atoms with Crippen molar-refractivity contribution in [1.82, 2.24) is 15.0 Å². The number of rotatable bonds is 4. The Balaban J connectivity index is 2.28. The zero-order valence-electron chi connectivity index (χ0n) is 8.72. The maximum atomic E-state index is 4.25. The molecule has 4 nitrogen and oxygen atoms in total. The van der Waals surface area contributed by atoms with Crippen molar-refractivity contribution in [3.63, 3.8) is 0 Å². The van der Waals surface area contributed by atoms with E-state index in [0.717, 1.165) is 24.6 Å². The molecule has 2 rings (SSSR count). The molecular weight excluding hydrogens is 188 g/mol. The molecule has 2 aromatic rings. The van der Waals surface area contributed by atoms with Crippen molar-refractivity contribution < 1.29 is 0 Å². The molecule has 0 aliphatic rings. The van der Waals surface area contributed by atoms with Crippen LogP contribution in [0.5, 0.6) is 0 Å². The molecular formula is C11H14N4. The van der Waals surface area contributed by atoms with Crippen LogP contribution in [-0.4, -0.2) is 21.5 Å². The fourth-order valence-corrected chi connectivity index (χ4v) is 1.50. The van der Waals surface area contributed by atoms with Crippen LogP contribution in [0.15, 0.2) is 36.9 Å². The summed E-state index contributed by atoms with van der Waals surface area (Å²) in [6.45, 7) is 3.07. The zero-order valence-corrected chi connectivity index (χ0v) is 8.72. The lowest BCUT2D eigenvalue weighted by molar-refractivity contribution is 0.859. The van der Waals surface area contributed by atoms with E-state index in [0.29, 0.717) is 0 Å². The molecule has 2 heterocycles. The monoisotopic (exact) mass is 202 g/mol. The molecule has 0 fully saturated rings. The highest BCUT2D eigenvalue weighted by atomic mass is 15.3. The number of pyridine rings is 1. The summed E-state index contributed by atoms with van der Waals surface area (Å²) in [5.41, 5.74) is 1.06. The Morgan fingerprint density at radius 2 is 2.33 bits per heavy atom. The van der Waals surface area contributed by atoms with Crippen molar-refractivity contribution in [3.05, 3.63) is 36.9 Å². The van der Waals surface area contributed by atoms with Crippen molar-refractivity contribution in [2.75, 3.05) is 11.4 Å². The first kappa shape index (κ1) is 9.71. The third kappa shape index (κ3) is 2.15. The molecule has 1 N–H and O–H groups in total. The van der Waals surface area contributed by atoms with E-state index in [1.165, 1.54) is 0 Å². The minimum absolute atomic E-state index is 0.866. The maximum absolute atomic E-state index is 4.25. The Bertz CT molecular complexity index is 382. The number of nitrogens with zero attached hydrogens (tertiary/aromatic N) is 3. The third-order valence-corrected chi connectivity index (χ3v) is 2.14. The summed E-state index contributed by atoms with van der Waals surface area (Å²) in [5.74, 6) is 0.866. The van der Waals surface area contributed by atoms with Crippen molar-refractivity contribution in [2.24, 2.45) is 0 Å². The van der Waals surface area contributed by atoms with Crippen molar-refractivity contribution >= 4 is 11.6 Å². The van der Waals surface area contributed by atoms with Gasteiger partial charge in [0.25, 0.3) is 0 Å². The van der Waals surface area contributed by atoms with E-state index in [1.54, 1.807) is 12.4 Å². The van der Waals surface area contributed by atoms with Crippen molar-refractivity contribution in [2.45, 2.75) is 13.3 Å². The largest absolute Gasteiger partial charge is 0.331 e. The van der Waals surface area contributed by atoms with Crippen LogP contribution in [0.1, 0.15) is 13.3 Å². The first-order chi connectivity index (χ1) is 7.42. The number of hydrogen-bond acceptors (Lipinski definition) is 3. The van der Waals surface area contributed by atoms with Gasteiger partial charge in [0.1, 0.15) is 0 Å². The number of hydrogen-bond donors (Lipinski definition) is 1. The standard InChI is InChI=1S/C11H14N4/c1-2-8-15(11-13-6-7-14-11)10-4-3-5-12-9-10/h3-7,9H,2,8H2,1H3,(H,13,14). The van der Waals surface area contributed by atoms with Crippen molar-refractivity contribution in [3.8, 4) is 0 Å². The van der Waals surface area contributed by atoms with E-state index in [2.05, 4.69) is 26.8 Å². The van der Waals surface area contributed by atoms with E-state index >= 15 is 0 Å². The Morgan fingerprint density at radius 1 is 1.40 bits per heavy atom. The van der Waals surface area contributed by atoms with Gasteiger partial charge >= 0.3 is 0 Å². The van der Waals surface area contributed by atoms with Gasteiger partial charge in [0.15, 0.2) is 0 Å². The number of H-pyrrole nitrogens is 1. The summed E-state index contributed by atoms with van der Waals surface area (Å²) in [7, 11) is 0. The average Bonchev–Trinajstić information content (AvgIpc) is 2.80. The highest BCUT2D eigenvalue weighted by Crippen LogP contribution is 2.20. The Labute approximate surface area is 89.0 Å². The second-order valence-corrected chi connectivity index (χ2v) is 3.28. The second kappa shape index (κ2) is 4.59. The predicted molar refractivity (Wildman–Crippen MR) is 60.1 cm³/mol. The van der Waals surface area contributed by atoms with Gasteiger partial charge in [-0.3, -0.25) is 4.98 Å². The van der Waals surface area contributed by atoms with Crippen LogP contribution in [0.4, 0.5) is 11.6 Å². The highest BCUT2D eigenvalue weighted by Gasteiger charge is 2.09. The highest BCUT2D eigenvalue weighted by molar-refractivity contribution is 5.55. The van der Waals surface area contributed by atoms with Gasteiger partial charge < -0.3 is 9.88 Å². The van der Waals surface area contributed by atoms with Crippen molar-refractivity contribution in [1.29, 1.82) is 0 Å².